The SMILES string of the molecule is CCn1c(=O)c(-c2noc(C(=O)N[C@@H](C)CCc3ccco3)n2)nn(-c2ccc(F)cc2)c1=O. The molecule has 1 aromatic carbocycles. The Morgan fingerprint density at radius 1 is 1.21 bits per heavy atom. The molecule has 0 aliphatic rings. The molecule has 11 nitrogen and oxygen atoms in total. The van der Waals surface area contributed by atoms with E-state index in [1.54, 1.807) is 19.3 Å². The minimum absolute atomic E-state index is 0.0484. The monoisotopic (exact) mass is 468 g/mol. The molecule has 34 heavy (non-hydrogen) atoms. The third-order valence-electron chi connectivity index (χ3n) is 5.06. The number of nitrogens with zero attached hydrogens (tertiary/aromatic N) is 5. The molecule has 12 heteroatoms. The zero-order chi connectivity index (χ0) is 24.2. The van der Waals surface area contributed by atoms with Gasteiger partial charge in [-0.05, 0) is 56.7 Å². The van der Waals surface area contributed by atoms with Gasteiger partial charge in [-0.15, -0.1) is 0 Å². The fourth-order valence-corrected chi connectivity index (χ4v) is 3.27. The van der Waals surface area contributed by atoms with Crippen molar-refractivity contribution >= 4 is 5.91 Å². The Bertz CT molecular complexity index is 1410. The summed E-state index contributed by atoms with van der Waals surface area (Å²) in [6, 6.07) is 8.43. The molecule has 4 aromatic rings. The van der Waals surface area contributed by atoms with Crippen LogP contribution in [0.5, 0.6) is 0 Å². The Balaban J connectivity index is 1.59. The molecule has 0 saturated carbocycles. The highest BCUT2D eigenvalue weighted by Gasteiger charge is 2.23. The number of carbonyl (C=O) groups is 1. The van der Waals surface area contributed by atoms with E-state index >= 15 is 0 Å². The number of amides is 1. The molecule has 0 aliphatic heterocycles. The van der Waals surface area contributed by atoms with Crippen LogP contribution >= 0.6 is 0 Å². The predicted molar refractivity (Wildman–Crippen MR) is 117 cm³/mol. The normalized spacial score (nSPS) is 12.0. The van der Waals surface area contributed by atoms with E-state index in [9.17, 15) is 18.8 Å². The van der Waals surface area contributed by atoms with Gasteiger partial charge in [-0.3, -0.25) is 14.2 Å². The third kappa shape index (κ3) is 4.70. The van der Waals surface area contributed by atoms with Crippen LogP contribution in [0.3, 0.4) is 0 Å². The standard InChI is InChI=1S/C22H21FN6O5/c1-3-28-21(31)17(26-29(22(28)32)15-9-7-14(23)8-10-15)18-25-20(34-27-18)19(30)24-13(2)6-11-16-5-4-12-33-16/h4-5,7-10,12-13H,3,6,11H2,1-2H3,(H,24,30)/t13-/m0/s1. The molecule has 4 rings (SSSR count). The Kier molecular flexibility index (Phi) is 6.48. The molecule has 0 spiro atoms. The minimum atomic E-state index is -0.745. The molecular weight excluding hydrogens is 447 g/mol. The number of aryl methyl sites for hydroxylation is 1. The molecule has 1 amide bonds. The van der Waals surface area contributed by atoms with Crippen molar-refractivity contribution in [1.82, 2.24) is 29.8 Å². The lowest BCUT2D eigenvalue weighted by molar-refractivity contribution is 0.0893. The first-order chi connectivity index (χ1) is 16.4. The number of halogens is 1. The molecular formula is C22H21FN6O5. The fraction of sp³-hybridized carbons (Fsp3) is 0.273. The van der Waals surface area contributed by atoms with E-state index < -0.39 is 23.0 Å². The number of carbonyl (C=O) groups excluding carboxylic acids is 1. The Morgan fingerprint density at radius 2 is 1.97 bits per heavy atom. The van der Waals surface area contributed by atoms with Crippen LogP contribution in [0.25, 0.3) is 17.2 Å². The van der Waals surface area contributed by atoms with E-state index in [4.69, 9.17) is 8.94 Å². The van der Waals surface area contributed by atoms with Crippen molar-refractivity contribution in [2.45, 2.75) is 39.3 Å². The van der Waals surface area contributed by atoms with Crippen LogP contribution < -0.4 is 16.6 Å². The van der Waals surface area contributed by atoms with Crippen molar-refractivity contribution in [3.63, 3.8) is 0 Å². The summed E-state index contributed by atoms with van der Waals surface area (Å²) in [5, 5.41) is 10.5. The largest absolute Gasteiger partial charge is 0.469 e. The van der Waals surface area contributed by atoms with Crippen LogP contribution in [0.15, 0.2) is 61.2 Å². The lowest BCUT2D eigenvalue weighted by Crippen LogP contribution is -2.41. The van der Waals surface area contributed by atoms with Crippen molar-refractivity contribution in [1.29, 1.82) is 0 Å². The topological polar surface area (TPSA) is 138 Å². The number of rotatable bonds is 8. The number of aromatic nitrogens is 5. The van der Waals surface area contributed by atoms with Crippen LogP contribution in [-0.2, 0) is 13.0 Å². The molecule has 0 radical (unpaired) electrons. The summed E-state index contributed by atoms with van der Waals surface area (Å²) in [5.74, 6) is -0.919. The highest BCUT2D eigenvalue weighted by Crippen LogP contribution is 2.11. The predicted octanol–water partition coefficient (Wildman–Crippen LogP) is 1.95. The first-order valence-electron chi connectivity index (χ1n) is 10.5. The second-order valence-corrected chi connectivity index (χ2v) is 7.48. The van der Waals surface area contributed by atoms with E-state index in [2.05, 4.69) is 20.6 Å². The first-order valence-corrected chi connectivity index (χ1v) is 10.5. The maximum Gasteiger partial charge on any atom is 0.352 e. The van der Waals surface area contributed by atoms with Crippen LogP contribution in [0, 0.1) is 5.82 Å². The average Bonchev–Trinajstić information content (AvgIpc) is 3.52. The summed E-state index contributed by atoms with van der Waals surface area (Å²) in [4.78, 5) is 42.0. The van der Waals surface area contributed by atoms with Gasteiger partial charge in [-0.25, -0.2) is 9.18 Å². The number of furan rings is 1. The lowest BCUT2D eigenvalue weighted by atomic mass is 10.1. The second kappa shape index (κ2) is 9.65. The van der Waals surface area contributed by atoms with Gasteiger partial charge < -0.3 is 14.3 Å². The summed E-state index contributed by atoms with van der Waals surface area (Å²) >= 11 is 0. The van der Waals surface area contributed by atoms with E-state index in [-0.39, 0.29) is 35.7 Å². The summed E-state index contributed by atoms with van der Waals surface area (Å²) < 4.78 is 25.5. The van der Waals surface area contributed by atoms with Gasteiger partial charge >= 0.3 is 17.5 Å². The van der Waals surface area contributed by atoms with E-state index in [0.29, 0.717) is 12.8 Å². The highest BCUT2D eigenvalue weighted by molar-refractivity contribution is 5.90. The maximum atomic E-state index is 13.3. The quantitative estimate of drug-likeness (QED) is 0.414. The first kappa shape index (κ1) is 22.8. The van der Waals surface area contributed by atoms with Crippen molar-refractivity contribution in [2.75, 3.05) is 0 Å². The summed E-state index contributed by atoms with van der Waals surface area (Å²) in [6.07, 6.45) is 2.83. The van der Waals surface area contributed by atoms with Crippen molar-refractivity contribution in [3.8, 4) is 17.2 Å². The smallest absolute Gasteiger partial charge is 0.352 e. The highest BCUT2D eigenvalue weighted by atomic mass is 19.1. The Hall–Kier alpha value is -4.35. The van der Waals surface area contributed by atoms with Gasteiger partial charge in [0.2, 0.25) is 5.82 Å². The second-order valence-electron chi connectivity index (χ2n) is 7.48. The summed E-state index contributed by atoms with van der Waals surface area (Å²) in [5.41, 5.74) is -1.51. The molecule has 0 bridgehead atoms. The maximum absolute atomic E-state index is 13.3. The molecule has 1 N–H and O–H groups in total. The molecule has 1 atom stereocenters. The van der Waals surface area contributed by atoms with Gasteiger partial charge in [0.05, 0.1) is 12.0 Å². The van der Waals surface area contributed by atoms with Gasteiger partial charge in [0, 0.05) is 19.0 Å². The van der Waals surface area contributed by atoms with E-state index in [0.717, 1.165) is 27.1 Å². The molecule has 0 saturated heterocycles. The fourth-order valence-electron chi connectivity index (χ4n) is 3.27. The average molecular weight is 468 g/mol. The van der Waals surface area contributed by atoms with Gasteiger partial charge in [-0.2, -0.15) is 14.8 Å². The van der Waals surface area contributed by atoms with Crippen LogP contribution in [0.4, 0.5) is 4.39 Å². The van der Waals surface area contributed by atoms with Crippen LogP contribution in [0.1, 0.15) is 36.7 Å². The molecule has 0 unspecified atom stereocenters. The Morgan fingerprint density at radius 3 is 2.65 bits per heavy atom. The van der Waals surface area contributed by atoms with Gasteiger partial charge in [0.1, 0.15) is 11.6 Å². The number of hydrogen-bond donors (Lipinski definition) is 1. The number of benzene rings is 1. The van der Waals surface area contributed by atoms with Gasteiger partial charge in [0.15, 0.2) is 5.69 Å². The lowest BCUT2D eigenvalue weighted by Gasteiger charge is -2.11. The van der Waals surface area contributed by atoms with Crippen LogP contribution in [-0.4, -0.2) is 36.4 Å². The van der Waals surface area contributed by atoms with Crippen LogP contribution in [0.2, 0.25) is 0 Å². The Labute approximate surface area is 191 Å². The zero-order valence-electron chi connectivity index (χ0n) is 18.4. The molecule has 176 valence electrons. The molecule has 3 aromatic heterocycles. The molecule has 0 aliphatic carbocycles. The summed E-state index contributed by atoms with van der Waals surface area (Å²) in [7, 11) is 0. The minimum Gasteiger partial charge on any atom is -0.469 e. The van der Waals surface area contributed by atoms with E-state index in [1.165, 1.54) is 12.1 Å². The summed E-state index contributed by atoms with van der Waals surface area (Å²) in [6.45, 7) is 3.48. The zero-order valence-corrected chi connectivity index (χ0v) is 18.4. The number of hydrogen-bond acceptors (Lipinski definition) is 8. The van der Waals surface area contributed by atoms with Crippen molar-refractivity contribution in [3.05, 3.63) is 81.0 Å². The van der Waals surface area contributed by atoms with Gasteiger partial charge in [-0.1, -0.05) is 5.16 Å². The number of nitrogens with one attached hydrogen (secondary N) is 1. The molecule has 0 fully saturated rings. The third-order valence-corrected chi connectivity index (χ3v) is 5.06. The van der Waals surface area contributed by atoms with Gasteiger partial charge in [0.25, 0.3) is 5.56 Å². The van der Waals surface area contributed by atoms with E-state index in [1.807, 2.05) is 13.0 Å². The molecule has 3 heterocycles. The van der Waals surface area contributed by atoms with Crippen molar-refractivity contribution in [2.24, 2.45) is 0 Å². The van der Waals surface area contributed by atoms with Crippen molar-refractivity contribution < 1.29 is 18.1 Å².